The summed E-state index contributed by atoms with van der Waals surface area (Å²) in [5, 5.41) is 14.1. The van der Waals surface area contributed by atoms with Gasteiger partial charge in [-0.2, -0.15) is 9.78 Å². The number of para-hydroxylation sites is 1. The Morgan fingerprint density at radius 3 is 2.58 bits per heavy atom. The zero-order valence-electron chi connectivity index (χ0n) is 17.3. The highest BCUT2D eigenvalue weighted by Crippen LogP contribution is 2.35. The molecule has 4 aromatic rings. The largest absolute Gasteiger partial charge is 0.479 e. The Labute approximate surface area is 202 Å². The third kappa shape index (κ3) is 4.81. The van der Waals surface area contributed by atoms with Crippen LogP contribution in [0, 0.1) is 0 Å². The van der Waals surface area contributed by atoms with Crippen molar-refractivity contribution in [3.63, 3.8) is 0 Å². The van der Waals surface area contributed by atoms with Gasteiger partial charge in [-0.25, -0.2) is 9.78 Å². The minimum atomic E-state index is -1.11. The molecule has 9 heteroatoms. The monoisotopic (exact) mass is 525 g/mol. The van der Waals surface area contributed by atoms with Crippen molar-refractivity contribution in [2.45, 2.75) is 13.0 Å². The molecular weight excluding hydrogens is 510 g/mol. The summed E-state index contributed by atoms with van der Waals surface area (Å²) in [7, 11) is 0. The number of rotatable bonds is 6. The van der Waals surface area contributed by atoms with Crippen LogP contribution in [0.3, 0.4) is 0 Å². The number of hydrogen-bond acceptors (Lipinski definition) is 5. The van der Waals surface area contributed by atoms with Crippen LogP contribution in [-0.4, -0.2) is 33.1 Å². The Kier molecular flexibility index (Phi) is 6.57. The molecule has 0 amide bonds. The summed E-state index contributed by atoms with van der Waals surface area (Å²) in [6.45, 7) is 1.41. The second-order valence-electron chi connectivity index (χ2n) is 7.09. The molecular formula is C24H17BrClN3O4. The van der Waals surface area contributed by atoms with E-state index >= 15 is 0 Å². The van der Waals surface area contributed by atoms with E-state index in [9.17, 15) is 9.59 Å². The van der Waals surface area contributed by atoms with E-state index in [2.05, 4.69) is 26.0 Å². The Morgan fingerprint density at radius 2 is 1.88 bits per heavy atom. The smallest absolute Gasteiger partial charge is 0.344 e. The van der Waals surface area contributed by atoms with Gasteiger partial charge < -0.3 is 9.84 Å². The number of ether oxygens (including phenoxy) is 1. The van der Waals surface area contributed by atoms with Gasteiger partial charge in [0, 0.05) is 5.56 Å². The van der Waals surface area contributed by atoms with Gasteiger partial charge in [-0.05, 0) is 52.7 Å². The van der Waals surface area contributed by atoms with Gasteiger partial charge >= 0.3 is 5.97 Å². The van der Waals surface area contributed by atoms with Crippen molar-refractivity contribution in [3.05, 3.63) is 92.1 Å². The Balaban J connectivity index is 1.79. The molecule has 7 nitrogen and oxygen atoms in total. The molecule has 0 saturated heterocycles. The summed E-state index contributed by atoms with van der Waals surface area (Å²) in [5.41, 5.74) is 1.58. The van der Waals surface area contributed by atoms with Crippen molar-refractivity contribution in [2.75, 3.05) is 0 Å². The molecule has 0 bridgehead atoms. The predicted molar refractivity (Wildman–Crippen MR) is 131 cm³/mol. The minimum Gasteiger partial charge on any atom is -0.479 e. The van der Waals surface area contributed by atoms with E-state index in [0.717, 1.165) is 5.56 Å². The normalized spacial score (nSPS) is 12.2. The van der Waals surface area contributed by atoms with Crippen LogP contribution in [0.4, 0.5) is 0 Å². The van der Waals surface area contributed by atoms with Crippen molar-refractivity contribution in [1.82, 2.24) is 9.66 Å². The van der Waals surface area contributed by atoms with E-state index in [-0.39, 0.29) is 16.3 Å². The van der Waals surface area contributed by atoms with Gasteiger partial charge in [-0.1, -0.05) is 54.1 Å². The first-order chi connectivity index (χ1) is 15.8. The van der Waals surface area contributed by atoms with E-state index in [0.29, 0.717) is 26.8 Å². The number of nitrogens with zero attached hydrogens (tertiary/aromatic N) is 3. The standard InChI is InChI=1S/C24H17BrClN3O4/c1-14(24(31)32)33-21-18(25)11-15(12-19(21)26)13-27-29-22(16-7-3-2-4-8-16)28-20-10-6-5-9-17(20)23(29)30/h2-14H,1H3,(H,31,32)/t14-/m0/s1. The van der Waals surface area contributed by atoms with Crippen molar-refractivity contribution in [2.24, 2.45) is 5.10 Å². The van der Waals surface area contributed by atoms with Crippen molar-refractivity contribution < 1.29 is 14.6 Å². The number of hydrogen-bond donors (Lipinski definition) is 1. The number of fused-ring (bicyclic) bond motifs is 1. The van der Waals surface area contributed by atoms with Crippen molar-refractivity contribution in [1.29, 1.82) is 0 Å². The fraction of sp³-hybridized carbons (Fsp3) is 0.0833. The average Bonchev–Trinajstić information content (AvgIpc) is 2.81. The van der Waals surface area contributed by atoms with Gasteiger partial charge in [0.15, 0.2) is 17.7 Å². The second-order valence-corrected chi connectivity index (χ2v) is 8.35. The number of aromatic nitrogens is 2. The van der Waals surface area contributed by atoms with E-state index in [4.69, 9.17) is 21.4 Å². The van der Waals surface area contributed by atoms with Crippen LogP contribution in [0.5, 0.6) is 5.75 Å². The number of halogens is 2. The summed E-state index contributed by atoms with van der Waals surface area (Å²) in [4.78, 5) is 29.0. The first-order valence-corrected chi connectivity index (χ1v) is 11.0. The number of carboxylic acid groups (broad SMARTS) is 1. The molecule has 0 unspecified atom stereocenters. The predicted octanol–water partition coefficient (Wildman–Crippen LogP) is 5.21. The first kappa shape index (κ1) is 22.7. The zero-order valence-corrected chi connectivity index (χ0v) is 19.6. The maximum absolute atomic E-state index is 13.2. The molecule has 0 spiro atoms. The lowest BCUT2D eigenvalue weighted by Crippen LogP contribution is -2.23. The lowest BCUT2D eigenvalue weighted by Gasteiger charge is -2.14. The summed E-state index contributed by atoms with van der Waals surface area (Å²) in [5.74, 6) is -0.505. The van der Waals surface area contributed by atoms with E-state index in [1.165, 1.54) is 17.8 Å². The summed E-state index contributed by atoms with van der Waals surface area (Å²) < 4.78 is 7.11. The van der Waals surface area contributed by atoms with E-state index in [1.54, 1.807) is 30.3 Å². The Hall–Kier alpha value is -3.49. The molecule has 0 radical (unpaired) electrons. The van der Waals surface area contributed by atoms with E-state index < -0.39 is 12.1 Å². The van der Waals surface area contributed by atoms with Crippen LogP contribution in [0.25, 0.3) is 22.3 Å². The van der Waals surface area contributed by atoms with Gasteiger partial charge in [-0.15, -0.1) is 0 Å². The highest BCUT2D eigenvalue weighted by Gasteiger charge is 2.18. The topological polar surface area (TPSA) is 93.8 Å². The van der Waals surface area contributed by atoms with Gasteiger partial charge in [0.1, 0.15) is 0 Å². The molecule has 4 rings (SSSR count). The maximum Gasteiger partial charge on any atom is 0.344 e. The highest BCUT2D eigenvalue weighted by atomic mass is 79.9. The fourth-order valence-electron chi connectivity index (χ4n) is 3.12. The molecule has 1 aromatic heterocycles. The third-order valence-electron chi connectivity index (χ3n) is 4.77. The number of carbonyl (C=O) groups is 1. The molecule has 0 saturated carbocycles. The Bertz CT molecular complexity index is 1410. The van der Waals surface area contributed by atoms with Crippen LogP contribution < -0.4 is 10.3 Å². The highest BCUT2D eigenvalue weighted by molar-refractivity contribution is 9.10. The molecule has 0 fully saturated rings. The van der Waals surface area contributed by atoms with Crippen LogP contribution >= 0.6 is 27.5 Å². The zero-order chi connectivity index (χ0) is 23.5. The van der Waals surface area contributed by atoms with Gasteiger partial charge in [-0.3, -0.25) is 4.79 Å². The third-order valence-corrected chi connectivity index (χ3v) is 5.64. The number of benzene rings is 3. The van der Waals surface area contributed by atoms with Crippen molar-refractivity contribution >= 4 is 50.6 Å². The molecule has 0 aliphatic heterocycles. The quantitative estimate of drug-likeness (QED) is 0.348. The molecule has 3 aromatic carbocycles. The maximum atomic E-state index is 13.2. The fourth-order valence-corrected chi connectivity index (χ4v) is 4.08. The summed E-state index contributed by atoms with van der Waals surface area (Å²) in [6, 6.07) is 19.6. The van der Waals surface area contributed by atoms with Crippen LogP contribution in [0.2, 0.25) is 5.02 Å². The number of carboxylic acids is 1. The molecule has 1 N–H and O–H groups in total. The first-order valence-electron chi connectivity index (χ1n) is 9.85. The van der Waals surface area contributed by atoms with Crippen LogP contribution in [0.1, 0.15) is 12.5 Å². The summed E-state index contributed by atoms with van der Waals surface area (Å²) in [6.07, 6.45) is 0.403. The molecule has 1 atom stereocenters. The molecule has 0 aliphatic rings. The molecule has 1 heterocycles. The SMILES string of the molecule is C[C@H](Oc1c(Cl)cc(C=Nn2c(-c3ccccc3)nc3ccccc3c2=O)cc1Br)C(=O)O. The van der Waals surface area contributed by atoms with Gasteiger partial charge in [0.05, 0.1) is 26.6 Å². The number of aliphatic carboxylic acids is 1. The van der Waals surface area contributed by atoms with Gasteiger partial charge in [0.25, 0.3) is 5.56 Å². The summed E-state index contributed by atoms with van der Waals surface area (Å²) >= 11 is 9.67. The van der Waals surface area contributed by atoms with E-state index in [1.807, 2.05) is 36.4 Å². The lowest BCUT2D eigenvalue weighted by molar-refractivity contribution is -0.144. The average molecular weight is 527 g/mol. The van der Waals surface area contributed by atoms with Gasteiger partial charge in [0.2, 0.25) is 0 Å². The minimum absolute atomic E-state index is 0.200. The van der Waals surface area contributed by atoms with Crippen LogP contribution in [-0.2, 0) is 4.79 Å². The molecule has 33 heavy (non-hydrogen) atoms. The molecule has 0 aliphatic carbocycles. The van der Waals surface area contributed by atoms with Crippen molar-refractivity contribution in [3.8, 4) is 17.1 Å². The van der Waals surface area contributed by atoms with Crippen LogP contribution in [0.15, 0.2) is 81.1 Å². The Morgan fingerprint density at radius 1 is 1.18 bits per heavy atom. The second kappa shape index (κ2) is 9.56. The molecule has 166 valence electrons. The lowest BCUT2D eigenvalue weighted by atomic mass is 10.2.